The van der Waals surface area contributed by atoms with Crippen LogP contribution in [0, 0.1) is 0 Å². The number of aromatic nitrogens is 2. The molecule has 2 heterocycles. The van der Waals surface area contributed by atoms with Crippen LogP contribution in [0.1, 0.15) is 13.3 Å². The van der Waals surface area contributed by atoms with Gasteiger partial charge in [-0.2, -0.15) is 5.10 Å². The zero-order valence-electron chi connectivity index (χ0n) is 11.1. The number of aliphatic hydroxyl groups excluding tert-OH is 1. The Balaban J connectivity index is 1.92. The zero-order chi connectivity index (χ0) is 14.7. The Morgan fingerprint density at radius 3 is 2.90 bits per heavy atom. The molecule has 8 nitrogen and oxygen atoms in total. The molecule has 20 heavy (non-hydrogen) atoms. The molecule has 1 aliphatic rings. The van der Waals surface area contributed by atoms with Gasteiger partial charge in [0.25, 0.3) is 0 Å². The number of urea groups is 1. The minimum absolute atomic E-state index is 0.0390. The normalized spacial score (nSPS) is 23.6. The molecule has 0 aliphatic carbocycles. The summed E-state index contributed by atoms with van der Waals surface area (Å²) in [6.07, 6.45) is 2.70. The van der Waals surface area contributed by atoms with Crippen molar-refractivity contribution in [1.29, 1.82) is 0 Å². The van der Waals surface area contributed by atoms with Crippen molar-refractivity contribution in [1.82, 2.24) is 20.0 Å². The van der Waals surface area contributed by atoms with E-state index in [2.05, 4.69) is 10.4 Å². The van der Waals surface area contributed by atoms with Crippen molar-refractivity contribution in [3.8, 4) is 0 Å². The molecule has 0 saturated carbocycles. The number of hydrogen-bond donors (Lipinski definition) is 3. The molecule has 110 valence electrons. The molecule has 3 unspecified atom stereocenters. The molecular formula is C12H18N4O4. The van der Waals surface area contributed by atoms with Crippen LogP contribution in [0.4, 0.5) is 4.79 Å². The molecule has 1 saturated heterocycles. The summed E-state index contributed by atoms with van der Waals surface area (Å²) in [4.78, 5) is 24.3. The summed E-state index contributed by atoms with van der Waals surface area (Å²) < 4.78 is 1.68. The molecule has 3 N–H and O–H groups in total. The van der Waals surface area contributed by atoms with E-state index in [0.717, 1.165) is 4.90 Å². The van der Waals surface area contributed by atoms with Gasteiger partial charge in [0.1, 0.15) is 6.04 Å². The SMILES string of the molecule is CC(Cn1cccn1)NC(=O)N1CC(O)CC1C(=O)O. The van der Waals surface area contributed by atoms with E-state index < -0.39 is 24.1 Å². The molecule has 0 spiro atoms. The first-order valence-electron chi connectivity index (χ1n) is 6.43. The Hall–Kier alpha value is -2.09. The Morgan fingerprint density at radius 2 is 2.30 bits per heavy atom. The van der Waals surface area contributed by atoms with Crippen LogP contribution >= 0.6 is 0 Å². The molecule has 2 amide bonds. The van der Waals surface area contributed by atoms with Crippen LogP contribution in [0.3, 0.4) is 0 Å². The van der Waals surface area contributed by atoms with Crippen LogP contribution in [0.15, 0.2) is 18.5 Å². The van der Waals surface area contributed by atoms with Crippen molar-refractivity contribution in [2.75, 3.05) is 6.54 Å². The number of nitrogens with zero attached hydrogens (tertiary/aromatic N) is 3. The smallest absolute Gasteiger partial charge is 0.326 e. The first-order valence-corrected chi connectivity index (χ1v) is 6.43. The van der Waals surface area contributed by atoms with Crippen LogP contribution < -0.4 is 5.32 Å². The molecule has 2 rings (SSSR count). The number of aliphatic carboxylic acids is 1. The molecule has 8 heteroatoms. The number of carbonyl (C=O) groups excluding carboxylic acids is 1. The molecule has 0 bridgehead atoms. The van der Waals surface area contributed by atoms with Crippen molar-refractivity contribution >= 4 is 12.0 Å². The van der Waals surface area contributed by atoms with E-state index in [1.807, 2.05) is 6.92 Å². The topological polar surface area (TPSA) is 108 Å². The van der Waals surface area contributed by atoms with Gasteiger partial charge < -0.3 is 20.4 Å². The molecule has 1 aromatic rings. The number of aliphatic hydroxyl groups is 1. The van der Waals surface area contributed by atoms with E-state index in [-0.39, 0.29) is 19.0 Å². The van der Waals surface area contributed by atoms with E-state index in [9.17, 15) is 14.7 Å². The Labute approximate surface area is 116 Å². The van der Waals surface area contributed by atoms with Gasteiger partial charge in [-0.1, -0.05) is 0 Å². The van der Waals surface area contributed by atoms with Crippen LogP contribution in [0.25, 0.3) is 0 Å². The molecule has 1 aliphatic heterocycles. The lowest BCUT2D eigenvalue weighted by Crippen LogP contribution is -2.49. The van der Waals surface area contributed by atoms with Gasteiger partial charge in [0, 0.05) is 31.4 Å². The summed E-state index contributed by atoms with van der Waals surface area (Å²) in [6.45, 7) is 2.34. The Kier molecular flexibility index (Phi) is 4.23. The number of β-amino-alcohol motifs (C(OH)–C–C–N with tert-alkyl or cyclic N) is 1. The first kappa shape index (κ1) is 14.3. The Morgan fingerprint density at radius 1 is 1.55 bits per heavy atom. The minimum atomic E-state index is -1.10. The summed E-state index contributed by atoms with van der Waals surface area (Å²) >= 11 is 0. The summed E-state index contributed by atoms with van der Waals surface area (Å²) in [5.41, 5.74) is 0. The van der Waals surface area contributed by atoms with Crippen LogP contribution in [0.2, 0.25) is 0 Å². The molecule has 1 fully saturated rings. The summed E-state index contributed by atoms with van der Waals surface area (Å²) in [7, 11) is 0. The minimum Gasteiger partial charge on any atom is -0.480 e. The van der Waals surface area contributed by atoms with E-state index >= 15 is 0 Å². The van der Waals surface area contributed by atoms with E-state index in [1.54, 1.807) is 23.1 Å². The molecule has 1 aromatic heterocycles. The number of rotatable bonds is 4. The highest BCUT2D eigenvalue weighted by molar-refractivity contribution is 5.83. The maximum atomic E-state index is 12.1. The number of nitrogens with one attached hydrogen (secondary N) is 1. The summed E-state index contributed by atoms with van der Waals surface area (Å²) in [5, 5.41) is 25.3. The van der Waals surface area contributed by atoms with Gasteiger partial charge in [0.15, 0.2) is 0 Å². The summed E-state index contributed by atoms with van der Waals surface area (Å²) in [6, 6.07) is 0.136. The van der Waals surface area contributed by atoms with Crippen molar-refractivity contribution in [3.63, 3.8) is 0 Å². The number of carboxylic acid groups (broad SMARTS) is 1. The fourth-order valence-electron chi connectivity index (χ4n) is 2.30. The summed E-state index contributed by atoms with van der Waals surface area (Å²) in [5.74, 6) is -1.10. The lowest BCUT2D eigenvalue weighted by Gasteiger charge is -2.24. The lowest BCUT2D eigenvalue weighted by molar-refractivity contribution is -0.141. The second-order valence-corrected chi connectivity index (χ2v) is 4.97. The number of amides is 2. The third kappa shape index (κ3) is 3.27. The first-order chi connectivity index (χ1) is 9.47. The van der Waals surface area contributed by atoms with Crippen LogP contribution in [-0.4, -0.2) is 61.6 Å². The average molecular weight is 282 g/mol. The van der Waals surface area contributed by atoms with Gasteiger partial charge in [-0.15, -0.1) is 0 Å². The predicted molar refractivity (Wildman–Crippen MR) is 69.0 cm³/mol. The highest BCUT2D eigenvalue weighted by atomic mass is 16.4. The van der Waals surface area contributed by atoms with E-state index in [0.29, 0.717) is 6.54 Å². The van der Waals surface area contributed by atoms with Crippen LogP contribution in [-0.2, 0) is 11.3 Å². The maximum absolute atomic E-state index is 12.1. The van der Waals surface area contributed by atoms with Crippen molar-refractivity contribution in [2.24, 2.45) is 0 Å². The van der Waals surface area contributed by atoms with E-state index in [1.165, 1.54) is 0 Å². The third-order valence-corrected chi connectivity index (χ3v) is 3.21. The number of hydrogen-bond acceptors (Lipinski definition) is 4. The molecule has 3 atom stereocenters. The van der Waals surface area contributed by atoms with Crippen molar-refractivity contribution < 1.29 is 19.8 Å². The standard InChI is InChI=1S/C12H18N4O4/c1-8(6-15-4-2-3-13-15)14-12(20)16-7-9(17)5-10(16)11(18)19/h2-4,8-10,17H,5-7H2,1H3,(H,14,20)(H,18,19). The molecule has 0 radical (unpaired) electrons. The number of likely N-dealkylation sites (tertiary alicyclic amines) is 1. The predicted octanol–water partition coefficient (Wildman–Crippen LogP) is -0.499. The Bertz CT molecular complexity index is 476. The van der Waals surface area contributed by atoms with Gasteiger partial charge in [0.2, 0.25) is 0 Å². The average Bonchev–Trinajstić information content (AvgIpc) is 2.97. The number of carbonyl (C=O) groups is 2. The maximum Gasteiger partial charge on any atom is 0.326 e. The van der Waals surface area contributed by atoms with Gasteiger partial charge in [-0.3, -0.25) is 4.68 Å². The monoisotopic (exact) mass is 282 g/mol. The third-order valence-electron chi connectivity index (χ3n) is 3.21. The van der Waals surface area contributed by atoms with Crippen molar-refractivity contribution in [2.45, 2.75) is 38.1 Å². The second kappa shape index (κ2) is 5.91. The second-order valence-electron chi connectivity index (χ2n) is 4.97. The quantitative estimate of drug-likeness (QED) is 0.690. The van der Waals surface area contributed by atoms with Gasteiger partial charge >= 0.3 is 12.0 Å². The fraction of sp³-hybridized carbons (Fsp3) is 0.583. The zero-order valence-corrected chi connectivity index (χ0v) is 11.1. The van der Waals surface area contributed by atoms with Crippen molar-refractivity contribution in [3.05, 3.63) is 18.5 Å². The van der Waals surface area contributed by atoms with Gasteiger partial charge in [-0.05, 0) is 13.0 Å². The number of carboxylic acids is 1. The highest BCUT2D eigenvalue weighted by Crippen LogP contribution is 2.18. The van der Waals surface area contributed by atoms with Gasteiger partial charge in [0.05, 0.1) is 12.6 Å². The largest absolute Gasteiger partial charge is 0.480 e. The van der Waals surface area contributed by atoms with Crippen LogP contribution in [0.5, 0.6) is 0 Å². The molecule has 0 aromatic carbocycles. The van der Waals surface area contributed by atoms with E-state index in [4.69, 9.17) is 5.11 Å². The van der Waals surface area contributed by atoms with Gasteiger partial charge in [-0.25, -0.2) is 9.59 Å². The fourth-order valence-corrected chi connectivity index (χ4v) is 2.30. The highest BCUT2D eigenvalue weighted by Gasteiger charge is 2.39. The lowest BCUT2D eigenvalue weighted by atomic mass is 10.2. The molecular weight excluding hydrogens is 264 g/mol.